The van der Waals surface area contributed by atoms with Gasteiger partial charge in [-0.05, 0) is 43.7 Å². The van der Waals surface area contributed by atoms with Crippen LogP contribution in [0, 0.1) is 0 Å². The summed E-state index contributed by atoms with van der Waals surface area (Å²) in [6.45, 7) is 2.01. The van der Waals surface area contributed by atoms with Gasteiger partial charge in [0, 0.05) is 18.8 Å². The summed E-state index contributed by atoms with van der Waals surface area (Å²) in [6, 6.07) is 12.1. The van der Waals surface area contributed by atoms with Crippen molar-refractivity contribution in [3.05, 3.63) is 57.8 Å². The molecule has 0 aliphatic heterocycles. The van der Waals surface area contributed by atoms with Gasteiger partial charge < -0.3 is 15.2 Å². The lowest BCUT2D eigenvalue weighted by Gasteiger charge is -2.16. The Labute approximate surface area is 183 Å². The number of para-hydroxylation sites is 1. The van der Waals surface area contributed by atoms with Gasteiger partial charge in [-0.3, -0.25) is 14.2 Å². The van der Waals surface area contributed by atoms with Crippen molar-refractivity contribution in [3.63, 3.8) is 0 Å². The molecular weight excluding hydrogens is 426 g/mol. The maximum atomic E-state index is 12.9. The van der Waals surface area contributed by atoms with Gasteiger partial charge in [0.05, 0.1) is 28.3 Å². The number of hydrogen-bond acceptors (Lipinski definition) is 6. The molecule has 0 spiro atoms. The number of rotatable bonds is 8. The Morgan fingerprint density at radius 3 is 2.80 bits per heavy atom. The number of benzene rings is 2. The SMILES string of the molecule is COc1ccc(NC(=O)C(C)Sc2nc3ccccc3c(=O)n2CCCO)cc1Cl. The number of aromatic nitrogens is 2. The molecule has 0 bridgehead atoms. The first-order chi connectivity index (χ1) is 14.4. The number of ether oxygens (including phenoxy) is 1. The van der Waals surface area contributed by atoms with Crippen LogP contribution in [0.1, 0.15) is 13.3 Å². The van der Waals surface area contributed by atoms with Gasteiger partial charge in [0.15, 0.2) is 5.16 Å². The molecule has 1 heterocycles. The second kappa shape index (κ2) is 9.97. The van der Waals surface area contributed by atoms with E-state index in [9.17, 15) is 14.7 Å². The van der Waals surface area contributed by atoms with Crippen LogP contribution in [0.25, 0.3) is 10.9 Å². The number of halogens is 1. The van der Waals surface area contributed by atoms with Crippen LogP contribution in [-0.2, 0) is 11.3 Å². The summed E-state index contributed by atoms with van der Waals surface area (Å²) < 4.78 is 6.63. The molecular formula is C21H22ClN3O4S. The van der Waals surface area contributed by atoms with E-state index in [0.29, 0.717) is 45.5 Å². The average Bonchev–Trinajstić information content (AvgIpc) is 2.73. The second-order valence-corrected chi connectivity index (χ2v) is 8.26. The molecule has 158 valence electrons. The van der Waals surface area contributed by atoms with Gasteiger partial charge in [-0.15, -0.1) is 0 Å². The van der Waals surface area contributed by atoms with Crippen molar-refractivity contribution in [1.82, 2.24) is 9.55 Å². The molecule has 1 unspecified atom stereocenters. The fourth-order valence-electron chi connectivity index (χ4n) is 2.86. The molecule has 0 radical (unpaired) electrons. The number of aliphatic hydroxyl groups is 1. The van der Waals surface area contributed by atoms with Crippen LogP contribution < -0.4 is 15.6 Å². The minimum Gasteiger partial charge on any atom is -0.495 e. The van der Waals surface area contributed by atoms with Crippen LogP contribution in [0.3, 0.4) is 0 Å². The Kier molecular flexibility index (Phi) is 7.36. The first-order valence-corrected chi connectivity index (χ1v) is 10.6. The largest absolute Gasteiger partial charge is 0.495 e. The zero-order chi connectivity index (χ0) is 21.7. The van der Waals surface area contributed by atoms with E-state index in [2.05, 4.69) is 10.3 Å². The van der Waals surface area contributed by atoms with E-state index in [4.69, 9.17) is 16.3 Å². The molecule has 0 aliphatic rings. The third-order valence-corrected chi connectivity index (χ3v) is 5.82. The maximum absolute atomic E-state index is 12.9. The third-order valence-electron chi connectivity index (χ3n) is 4.44. The molecule has 0 saturated heterocycles. The smallest absolute Gasteiger partial charge is 0.262 e. The summed E-state index contributed by atoms with van der Waals surface area (Å²) in [5.41, 5.74) is 0.924. The first kappa shape index (κ1) is 22.1. The topological polar surface area (TPSA) is 93.5 Å². The van der Waals surface area contributed by atoms with Crippen molar-refractivity contribution >= 4 is 45.9 Å². The first-order valence-electron chi connectivity index (χ1n) is 9.36. The van der Waals surface area contributed by atoms with E-state index in [1.54, 1.807) is 43.3 Å². The summed E-state index contributed by atoms with van der Waals surface area (Å²) in [5.74, 6) is 0.266. The minimum atomic E-state index is -0.528. The highest BCUT2D eigenvalue weighted by atomic mass is 35.5. The van der Waals surface area contributed by atoms with Crippen LogP contribution >= 0.6 is 23.4 Å². The standard InChI is InChI=1S/C21H22ClN3O4S/c1-13(19(27)23-14-8-9-18(29-2)16(22)12-14)30-21-24-17-7-4-3-6-15(17)20(28)25(21)10-5-11-26/h3-4,6-9,12-13,26H,5,10-11H2,1-2H3,(H,23,27). The van der Waals surface area contributed by atoms with Crippen molar-refractivity contribution in [1.29, 1.82) is 0 Å². The third kappa shape index (κ3) is 4.95. The van der Waals surface area contributed by atoms with Gasteiger partial charge in [-0.25, -0.2) is 4.98 Å². The zero-order valence-electron chi connectivity index (χ0n) is 16.6. The average molecular weight is 448 g/mol. The number of hydrogen-bond donors (Lipinski definition) is 2. The van der Waals surface area contributed by atoms with E-state index < -0.39 is 5.25 Å². The highest BCUT2D eigenvalue weighted by molar-refractivity contribution is 8.00. The quantitative estimate of drug-likeness (QED) is 0.405. The van der Waals surface area contributed by atoms with Gasteiger partial charge in [0.25, 0.3) is 5.56 Å². The molecule has 2 N–H and O–H groups in total. The Morgan fingerprint density at radius 2 is 2.10 bits per heavy atom. The highest BCUT2D eigenvalue weighted by Gasteiger charge is 2.20. The Bertz CT molecular complexity index is 1120. The fraction of sp³-hybridized carbons (Fsp3) is 0.286. The van der Waals surface area contributed by atoms with Crippen molar-refractivity contribution in [2.45, 2.75) is 30.3 Å². The summed E-state index contributed by atoms with van der Waals surface area (Å²) in [5, 5.41) is 12.8. The van der Waals surface area contributed by atoms with Crippen LogP contribution in [0.5, 0.6) is 5.75 Å². The Hall–Kier alpha value is -2.55. The summed E-state index contributed by atoms with van der Waals surface area (Å²) in [7, 11) is 1.52. The lowest BCUT2D eigenvalue weighted by molar-refractivity contribution is -0.115. The summed E-state index contributed by atoms with van der Waals surface area (Å²) in [6.07, 6.45) is 0.415. The molecule has 0 aliphatic carbocycles. The number of carbonyl (C=O) groups is 1. The number of fused-ring (bicyclic) bond motifs is 1. The Balaban J connectivity index is 1.84. The van der Waals surface area contributed by atoms with Gasteiger partial charge >= 0.3 is 0 Å². The number of nitrogens with zero attached hydrogens (tertiary/aromatic N) is 2. The molecule has 0 saturated carbocycles. The van der Waals surface area contributed by atoms with Crippen molar-refractivity contribution < 1.29 is 14.6 Å². The number of anilines is 1. The van der Waals surface area contributed by atoms with Gasteiger partial charge in [0.1, 0.15) is 5.75 Å². The van der Waals surface area contributed by atoms with Crippen LogP contribution in [0.2, 0.25) is 5.02 Å². The lowest BCUT2D eigenvalue weighted by Crippen LogP contribution is -2.27. The van der Waals surface area contributed by atoms with Gasteiger partial charge in [-0.2, -0.15) is 0 Å². The van der Waals surface area contributed by atoms with E-state index in [-0.39, 0.29) is 18.1 Å². The molecule has 7 nitrogen and oxygen atoms in total. The summed E-state index contributed by atoms with van der Waals surface area (Å²) >= 11 is 7.30. The van der Waals surface area contributed by atoms with Crippen LogP contribution in [0.4, 0.5) is 5.69 Å². The fourth-order valence-corrected chi connectivity index (χ4v) is 4.06. The van der Waals surface area contributed by atoms with Crippen molar-refractivity contribution in [2.75, 3.05) is 19.0 Å². The maximum Gasteiger partial charge on any atom is 0.262 e. The van der Waals surface area contributed by atoms with Crippen LogP contribution in [-0.4, -0.2) is 39.5 Å². The second-order valence-electron chi connectivity index (χ2n) is 6.54. The number of methoxy groups -OCH3 is 1. The lowest BCUT2D eigenvalue weighted by atomic mass is 10.2. The normalized spacial score (nSPS) is 12.0. The molecule has 0 fully saturated rings. The molecule has 30 heavy (non-hydrogen) atoms. The highest BCUT2D eigenvalue weighted by Crippen LogP contribution is 2.28. The zero-order valence-corrected chi connectivity index (χ0v) is 18.2. The number of carbonyl (C=O) groups excluding carboxylic acids is 1. The van der Waals surface area contributed by atoms with Gasteiger partial charge in [-0.1, -0.05) is 35.5 Å². The number of nitrogens with one attached hydrogen (secondary N) is 1. The van der Waals surface area contributed by atoms with Crippen LogP contribution in [0.15, 0.2) is 52.4 Å². The van der Waals surface area contributed by atoms with Crippen molar-refractivity contribution in [2.24, 2.45) is 0 Å². The summed E-state index contributed by atoms with van der Waals surface area (Å²) in [4.78, 5) is 30.2. The monoisotopic (exact) mass is 447 g/mol. The predicted molar refractivity (Wildman–Crippen MR) is 120 cm³/mol. The van der Waals surface area contributed by atoms with Crippen molar-refractivity contribution in [3.8, 4) is 5.75 Å². The molecule has 9 heteroatoms. The van der Waals surface area contributed by atoms with E-state index in [1.807, 2.05) is 6.07 Å². The van der Waals surface area contributed by atoms with E-state index in [1.165, 1.54) is 23.4 Å². The number of thioether (sulfide) groups is 1. The molecule has 3 rings (SSSR count). The number of aliphatic hydroxyl groups excluding tert-OH is 1. The molecule has 1 aromatic heterocycles. The van der Waals surface area contributed by atoms with Gasteiger partial charge in [0.2, 0.25) is 5.91 Å². The minimum absolute atomic E-state index is 0.0440. The number of amides is 1. The molecule has 1 amide bonds. The molecule has 2 aromatic carbocycles. The molecule has 3 aromatic rings. The Morgan fingerprint density at radius 1 is 1.33 bits per heavy atom. The molecule has 1 atom stereocenters. The predicted octanol–water partition coefficient (Wildman–Crippen LogP) is 3.56. The van der Waals surface area contributed by atoms with E-state index >= 15 is 0 Å². The van der Waals surface area contributed by atoms with E-state index in [0.717, 1.165) is 0 Å².